The molecule has 1 N–H and O–H groups in total. The number of hydrogen-bond donors (Lipinski definition) is 1. The van der Waals surface area contributed by atoms with Gasteiger partial charge in [-0.3, -0.25) is 14.5 Å². The molecular formula is C32H44F2N6O5. The van der Waals surface area contributed by atoms with Crippen LogP contribution in [0.4, 0.5) is 19.5 Å². The molecule has 2 aliphatic rings. The Morgan fingerprint density at radius 1 is 1.09 bits per heavy atom. The van der Waals surface area contributed by atoms with E-state index in [1.165, 1.54) is 18.0 Å². The zero-order valence-electron chi connectivity index (χ0n) is 27.2. The first kappa shape index (κ1) is 33.9. The summed E-state index contributed by atoms with van der Waals surface area (Å²) >= 11 is 0. The Hall–Kier alpha value is -4.03. The van der Waals surface area contributed by atoms with Crippen molar-refractivity contribution in [3.63, 3.8) is 0 Å². The third-order valence-corrected chi connectivity index (χ3v) is 8.22. The number of benzene rings is 1. The monoisotopic (exact) mass is 630 g/mol. The molecule has 0 radical (unpaired) electrons. The normalized spacial score (nSPS) is 21.2. The number of aromatic nitrogens is 2. The van der Waals surface area contributed by atoms with E-state index in [1.54, 1.807) is 51.1 Å². The zero-order chi connectivity index (χ0) is 33.3. The largest absolute Gasteiger partial charge is 0.493 e. The van der Waals surface area contributed by atoms with Gasteiger partial charge in [0.05, 0.1) is 18.7 Å². The molecule has 13 heteroatoms. The van der Waals surface area contributed by atoms with Crippen LogP contribution in [0.2, 0.25) is 0 Å². The summed E-state index contributed by atoms with van der Waals surface area (Å²) in [6.07, 6.45) is 3.30. The lowest BCUT2D eigenvalue weighted by Crippen LogP contribution is -2.60. The standard InChI is InChI=1S/C32H44F2N6O5/c1-19(38(8)30(43)45-32(5,6)7)27(41)37-26(31(2,3)4)28(42)39-15-12-24-25(39)20(17-40(24)29-35-13-9-14-36-29)18-44-21-10-11-22(33)23(34)16-21/h9-11,13-14,16,19-20,24-26H,12,15,17-18H2,1-8H3,(H,37,41). The quantitative estimate of drug-likeness (QED) is 0.465. The van der Waals surface area contributed by atoms with Gasteiger partial charge in [-0.2, -0.15) is 0 Å². The predicted molar refractivity (Wildman–Crippen MR) is 163 cm³/mol. The summed E-state index contributed by atoms with van der Waals surface area (Å²) in [6, 6.07) is 2.84. The molecule has 5 atom stereocenters. The lowest BCUT2D eigenvalue weighted by atomic mass is 9.85. The van der Waals surface area contributed by atoms with Crippen molar-refractivity contribution in [1.82, 2.24) is 25.1 Å². The first-order valence-electron chi connectivity index (χ1n) is 15.2. The highest BCUT2D eigenvalue weighted by molar-refractivity contribution is 5.92. The van der Waals surface area contributed by atoms with E-state index in [4.69, 9.17) is 9.47 Å². The summed E-state index contributed by atoms with van der Waals surface area (Å²) in [6.45, 7) is 13.4. The van der Waals surface area contributed by atoms with E-state index in [-0.39, 0.29) is 36.3 Å². The molecule has 0 saturated carbocycles. The fraction of sp³-hybridized carbons (Fsp3) is 0.594. The number of nitrogens with zero attached hydrogens (tertiary/aromatic N) is 5. The van der Waals surface area contributed by atoms with E-state index in [0.29, 0.717) is 25.5 Å². The molecule has 2 fully saturated rings. The molecule has 1 aromatic carbocycles. The second-order valence-corrected chi connectivity index (χ2v) is 13.8. The van der Waals surface area contributed by atoms with Gasteiger partial charge in [-0.1, -0.05) is 20.8 Å². The van der Waals surface area contributed by atoms with Crippen LogP contribution in [0, 0.1) is 23.0 Å². The molecule has 5 unspecified atom stereocenters. The molecule has 2 saturated heterocycles. The number of fused-ring (bicyclic) bond motifs is 1. The summed E-state index contributed by atoms with van der Waals surface area (Å²) in [7, 11) is 1.48. The molecule has 3 amide bonds. The number of carbonyl (C=O) groups excluding carboxylic acids is 3. The van der Waals surface area contributed by atoms with Gasteiger partial charge >= 0.3 is 6.09 Å². The van der Waals surface area contributed by atoms with E-state index < -0.39 is 46.7 Å². The Morgan fingerprint density at radius 3 is 2.36 bits per heavy atom. The SMILES string of the molecule is CC(C(=O)NC(C(=O)N1CCC2C1C(COc1ccc(F)c(F)c1)CN2c1ncccn1)C(C)(C)C)N(C)C(=O)OC(C)(C)C. The van der Waals surface area contributed by atoms with E-state index in [9.17, 15) is 23.2 Å². The number of amides is 3. The number of anilines is 1. The Morgan fingerprint density at radius 2 is 1.76 bits per heavy atom. The molecule has 2 aromatic rings. The molecule has 2 aliphatic heterocycles. The van der Waals surface area contributed by atoms with Crippen LogP contribution in [0.3, 0.4) is 0 Å². The van der Waals surface area contributed by atoms with Crippen LogP contribution in [0.25, 0.3) is 0 Å². The minimum absolute atomic E-state index is 0.122. The summed E-state index contributed by atoms with van der Waals surface area (Å²) in [5.41, 5.74) is -1.41. The van der Waals surface area contributed by atoms with Crippen LogP contribution >= 0.6 is 0 Å². The third kappa shape index (κ3) is 7.80. The van der Waals surface area contributed by atoms with Crippen LogP contribution < -0.4 is 15.0 Å². The number of carbonyl (C=O) groups is 3. The van der Waals surface area contributed by atoms with Crippen molar-refractivity contribution < 1.29 is 32.6 Å². The highest BCUT2D eigenvalue weighted by Crippen LogP contribution is 2.39. The van der Waals surface area contributed by atoms with Gasteiger partial charge in [-0.25, -0.2) is 23.5 Å². The Bertz CT molecular complexity index is 1380. The molecule has 246 valence electrons. The Labute approximate surface area is 263 Å². The average Bonchev–Trinajstić information content (AvgIpc) is 3.55. The lowest BCUT2D eigenvalue weighted by Gasteiger charge is -2.38. The molecule has 11 nitrogen and oxygen atoms in total. The van der Waals surface area contributed by atoms with Gasteiger partial charge < -0.3 is 24.6 Å². The van der Waals surface area contributed by atoms with Gasteiger partial charge in [0.15, 0.2) is 11.6 Å². The van der Waals surface area contributed by atoms with Gasteiger partial charge in [-0.15, -0.1) is 0 Å². The number of likely N-dealkylation sites (tertiary alicyclic amines) is 1. The maximum atomic E-state index is 14.4. The van der Waals surface area contributed by atoms with E-state index in [2.05, 4.69) is 20.2 Å². The van der Waals surface area contributed by atoms with E-state index in [0.717, 1.165) is 12.1 Å². The zero-order valence-corrected chi connectivity index (χ0v) is 27.2. The highest BCUT2D eigenvalue weighted by atomic mass is 19.2. The van der Waals surface area contributed by atoms with Gasteiger partial charge in [0.25, 0.3) is 0 Å². The molecule has 0 aliphatic carbocycles. The Kier molecular flexibility index (Phi) is 9.88. The summed E-state index contributed by atoms with van der Waals surface area (Å²) in [5, 5.41) is 2.91. The first-order valence-corrected chi connectivity index (χ1v) is 15.2. The van der Waals surface area contributed by atoms with Gasteiger partial charge in [0, 0.05) is 44.5 Å². The van der Waals surface area contributed by atoms with E-state index >= 15 is 0 Å². The van der Waals surface area contributed by atoms with Gasteiger partial charge in [0.1, 0.15) is 23.4 Å². The van der Waals surface area contributed by atoms with Crippen molar-refractivity contribution in [2.45, 2.75) is 84.7 Å². The molecule has 0 bridgehead atoms. The van der Waals surface area contributed by atoms with Crippen LogP contribution in [-0.4, -0.2) is 94.2 Å². The van der Waals surface area contributed by atoms with Crippen molar-refractivity contribution >= 4 is 23.9 Å². The second kappa shape index (κ2) is 13.1. The smallest absolute Gasteiger partial charge is 0.410 e. The molecule has 1 aromatic heterocycles. The minimum atomic E-state index is -1.01. The molecule has 4 rings (SSSR count). The first-order chi connectivity index (χ1) is 21.0. The maximum Gasteiger partial charge on any atom is 0.410 e. The van der Waals surface area contributed by atoms with Crippen LogP contribution in [0.15, 0.2) is 36.7 Å². The summed E-state index contributed by atoms with van der Waals surface area (Å²) < 4.78 is 38.7. The van der Waals surface area contributed by atoms with Crippen molar-refractivity contribution in [3.05, 3.63) is 48.3 Å². The number of likely N-dealkylation sites (N-methyl/N-ethyl adjacent to an activating group) is 1. The number of ether oxygens (including phenoxy) is 2. The Balaban J connectivity index is 1.56. The van der Waals surface area contributed by atoms with Crippen molar-refractivity contribution in [1.29, 1.82) is 0 Å². The van der Waals surface area contributed by atoms with Gasteiger partial charge in [0.2, 0.25) is 17.8 Å². The van der Waals surface area contributed by atoms with Crippen LogP contribution in [-0.2, 0) is 14.3 Å². The van der Waals surface area contributed by atoms with Crippen molar-refractivity contribution in [2.75, 3.05) is 31.6 Å². The summed E-state index contributed by atoms with van der Waals surface area (Å²) in [4.78, 5) is 54.3. The minimum Gasteiger partial charge on any atom is -0.493 e. The number of halogens is 2. The molecule has 0 spiro atoms. The van der Waals surface area contributed by atoms with E-state index in [1.807, 2.05) is 20.8 Å². The maximum absolute atomic E-state index is 14.4. The molecule has 3 heterocycles. The summed E-state index contributed by atoms with van der Waals surface area (Å²) in [5.74, 6) is -2.25. The highest BCUT2D eigenvalue weighted by Gasteiger charge is 2.53. The molecular weight excluding hydrogens is 586 g/mol. The second-order valence-electron chi connectivity index (χ2n) is 13.8. The van der Waals surface area contributed by atoms with Crippen molar-refractivity contribution in [2.24, 2.45) is 11.3 Å². The predicted octanol–water partition coefficient (Wildman–Crippen LogP) is 4.03. The number of nitrogens with one attached hydrogen (secondary N) is 1. The fourth-order valence-corrected chi connectivity index (χ4v) is 5.80. The average molecular weight is 631 g/mol. The van der Waals surface area contributed by atoms with Crippen LogP contribution in [0.1, 0.15) is 54.9 Å². The van der Waals surface area contributed by atoms with Gasteiger partial charge in [-0.05, 0) is 57.7 Å². The van der Waals surface area contributed by atoms with Crippen molar-refractivity contribution in [3.8, 4) is 5.75 Å². The topological polar surface area (TPSA) is 117 Å². The lowest BCUT2D eigenvalue weighted by molar-refractivity contribution is -0.141. The fourth-order valence-electron chi connectivity index (χ4n) is 5.80. The number of rotatable bonds is 8. The van der Waals surface area contributed by atoms with Crippen LogP contribution in [0.5, 0.6) is 5.75 Å². The number of hydrogen-bond acceptors (Lipinski definition) is 8. The third-order valence-electron chi connectivity index (χ3n) is 8.22. The molecule has 45 heavy (non-hydrogen) atoms.